The molecule has 0 aliphatic rings. The van der Waals surface area contributed by atoms with E-state index in [0.29, 0.717) is 16.7 Å². The molecular weight excluding hydrogens is 196 g/mol. The van der Waals surface area contributed by atoms with E-state index < -0.39 is 11.2 Å². The van der Waals surface area contributed by atoms with Gasteiger partial charge in [0.2, 0.25) is 0 Å². The van der Waals surface area contributed by atoms with Crippen molar-refractivity contribution in [3.8, 4) is 5.75 Å². The molecule has 5 nitrogen and oxygen atoms in total. The Balaban J connectivity index is 3.07. The standard InChI is InChI=1S/C10H10N2O3/c1-5-3-4-6(15-2)8-7(5)9(13)12-10(14)11-8/h3-4H,1-2H3,(H2,11,12,13,14). The van der Waals surface area contributed by atoms with Crippen molar-refractivity contribution < 1.29 is 4.74 Å². The molecule has 1 heterocycles. The smallest absolute Gasteiger partial charge is 0.326 e. The second-order valence-electron chi connectivity index (χ2n) is 3.24. The molecule has 0 saturated heterocycles. The first-order valence-electron chi connectivity index (χ1n) is 4.43. The molecule has 5 heteroatoms. The monoisotopic (exact) mass is 206 g/mol. The molecule has 78 valence electrons. The van der Waals surface area contributed by atoms with E-state index in [0.717, 1.165) is 5.56 Å². The van der Waals surface area contributed by atoms with Crippen molar-refractivity contribution in [1.29, 1.82) is 0 Å². The Hall–Kier alpha value is -2.04. The highest BCUT2D eigenvalue weighted by Crippen LogP contribution is 2.22. The summed E-state index contributed by atoms with van der Waals surface area (Å²) in [6, 6.07) is 3.49. The van der Waals surface area contributed by atoms with Gasteiger partial charge in [-0.05, 0) is 18.6 Å². The molecule has 0 spiro atoms. The summed E-state index contributed by atoms with van der Waals surface area (Å²) < 4.78 is 5.07. The van der Waals surface area contributed by atoms with Crippen LogP contribution < -0.4 is 16.0 Å². The van der Waals surface area contributed by atoms with Gasteiger partial charge >= 0.3 is 5.69 Å². The van der Waals surface area contributed by atoms with Crippen LogP contribution in [0.1, 0.15) is 5.56 Å². The molecule has 1 aromatic heterocycles. The molecule has 0 saturated carbocycles. The molecule has 0 aliphatic carbocycles. The molecule has 0 bridgehead atoms. The highest BCUT2D eigenvalue weighted by molar-refractivity contribution is 5.86. The number of nitrogens with one attached hydrogen (secondary N) is 2. The summed E-state index contributed by atoms with van der Waals surface area (Å²) in [6.07, 6.45) is 0. The number of H-pyrrole nitrogens is 2. The number of aromatic nitrogens is 2. The molecule has 1 aromatic carbocycles. The van der Waals surface area contributed by atoms with Gasteiger partial charge in [-0.3, -0.25) is 9.78 Å². The van der Waals surface area contributed by atoms with Crippen LogP contribution in [0.4, 0.5) is 0 Å². The van der Waals surface area contributed by atoms with Gasteiger partial charge in [0.05, 0.1) is 18.0 Å². The van der Waals surface area contributed by atoms with E-state index in [4.69, 9.17) is 4.74 Å². The number of ether oxygens (including phenoxy) is 1. The Labute approximate surface area is 84.7 Å². The lowest BCUT2D eigenvalue weighted by molar-refractivity contribution is 0.418. The lowest BCUT2D eigenvalue weighted by Gasteiger charge is -2.05. The van der Waals surface area contributed by atoms with Gasteiger partial charge in [-0.15, -0.1) is 0 Å². The van der Waals surface area contributed by atoms with E-state index in [1.165, 1.54) is 7.11 Å². The van der Waals surface area contributed by atoms with Crippen molar-refractivity contribution in [2.45, 2.75) is 6.92 Å². The van der Waals surface area contributed by atoms with Gasteiger partial charge in [0.1, 0.15) is 5.75 Å². The summed E-state index contributed by atoms with van der Waals surface area (Å²) in [7, 11) is 1.49. The number of methoxy groups -OCH3 is 1. The Morgan fingerprint density at radius 3 is 2.60 bits per heavy atom. The Morgan fingerprint density at radius 2 is 1.93 bits per heavy atom. The minimum absolute atomic E-state index is 0.398. The van der Waals surface area contributed by atoms with Crippen molar-refractivity contribution in [3.05, 3.63) is 38.5 Å². The van der Waals surface area contributed by atoms with Crippen molar-refractivity contribution in [2.75, 3.05) is 7.11 Å². The minimum atomic E-state index is -0.531. The highest BCUT2D eigenvalue weighted by atomic mass is 16.5. The predicted octanol–water partition coefficient (Wildman–Crippen LogP) is 0.533. The van der Waals surface area contributed by atoms with Gasteiger partial charge in [0, 0.05) is 0 Å². The molecule has 0 radical (unpaired) electrons. The maximum Gasteiger partial charge on any atom is 0.326 e. The van der Waals surface area contributed by atoms with Crippen LogP contribution in [0.5, 0.6) is 5.75 Å². The number of hydrogen-bond donors (Lipinski definition) is 2. The summed E-state index contributed by atoms with van der Waals surface area (Å²) in [5.41, 5.74) is 0.302. The third-order valence-corrected chi connectivity index (χ3v) is 2.29. The van der Waals surface area contributed by atoms with Gasteiger partial charge in [0.25, 0.3) is 5.56 Å². The maximum atomic E-state index is 11.6. The molecule has 0 fully saturated rings. The number of fused-ring (bicyclic) bond motifs is 1. The SMILES string of the molecule is COc1ccc(C)c2c(=O)[nH]c(=O)[nH]c12. The highest BCUT2D eigenvalue weighted by Gasteiger charge is 2.08. The van der Waals surface area contributed by atoms with Gasteiger partial charge in [-0.1, -0.05) is 6.07 Å². The first-order chi connectivity index (χ1) is 7.13. The third-order valence-electron chi connectivity index (χ3n) is 2.29. The number of aromatic amines is 2. The zero-order valence-corrected chi connectivity index (χ0v) is 8.38. The lowest BCUT2D eigenvalue weighted by atomic mass is 10.1. The number of rotatable bonds is 1. The van der Waals surface area contributed by atoms with E-state index in [1.807, 2.05) is 0 Å². The number of hydrogen-bond acceptors (Lipinski definition) is 3. The molecule has 2 rings (SSSR count). The number of benzene rings is 1. The summed E-state index contributed by atoms with van der Waals surface area (Å²) in [6.45, 7) is 1.80. The normalized spacial score (nSPS) is 10.5. The summed E-state index contributed by atoms with van der Waals surface area (Å²) in [4.78, 5) is 27.4. The van der Waals surface area contributed by atoms with E-state index in [-0.39, 0.29) is 0 Å². The van der Waals surface area contributed by atoms with Crippen LogP contribution in [0.3, 0.4) is 0 Å². The zero-order chi connectivity index (χ0) is 11.0. The van der Waals surface area contributed by atoms with Crippen LogP contribution in [0, 0.1) is 6.92 Å². The second kappa shape index (κ2) is 3.27. The quantitative estimate of drug-likeness (QED) is 0.714. The average Bonchev–Trinajstić information content (AvgIpc) is 2.17. The van der Waals surface area contributed by atoms with Crippen molar-refractivity contribution >= 4 is 10.9 Å². The van der Waals surface area contributed by atoms with Crippen LogP contribution in [0.25, 0.3) is 10.9 Å². The molecule has 0 amide bonds. The zero-order valence-electron chi connectivity index (χ0n) is 8.38. The van der Waals surface area contributed by atoms with Crippen molar-refractivity contribution in [3.63, 3.8) is 0 Å². The largest absolute Gasteiger partial charge is 0.495 e. The van der Waals surface area contributed by atoms with Crippen LogP contribution in [0.15, 0.2) is 21.7 Å². The Kier molecular flexibility index (Phi) is 2.07. The maximum absolute atomic E-state index is 11.6. The van der Waals surface area contributed by atoms with Gasteiger partial charge < -0.3 is 9.72 Å². The Morgan fingerprint density at radius 1 is 1.20 bits per heavy atom. The lowest BCUT2D eigenvalue weighted by Crippen LogP contribution is -2.22. The second-order valence-corrected chi connectivity index (χ2v) is 3.24. The average molecular weight is 206 g/mol. The van der Waals surface area contributed by atoms with Crippen LogP contribution in [0.2, 0.25) is 0 Å². The molecule has 15 heavy (non-hydrogen) atoms. The fraction of sp³-hybridized carbons (Fsp3) is 0.200. The summed E-state index contributed by atoms with van der Waals surface area (Å²) in [5, 5.41) is 0.453. The molecule has 0 unspecified atom stereocenters. The Bertz CT molecular complexity index is 625. The topological polar surface area (TPSA) is 75.0 Å². The number of aryl methyl sites for hydroxylation is 1. The van der Waals surface area contributed by atoms with Crippen LogP contribution in [-0.2, 0) is 0 Å². The van der Waals surface area contributed by atoms with Crippen LogP contribution >= 0.6 is 0 Å². The minimum Gasteiger partial charge on any atom is -0.495 e. The van der Waals surface area contributed by atoms with Gasteiger partial charge in [-0.2, -0.15) is 0 Å². The molecule has 0 atom stereocenters. The fourth-order valence-corrected chi connectivity index (χ4v) is 1.58. The molecular formula is C10H10N2O3. The summed E-state index contributed by atoms with van der Waals surface area (Å²) >= 11 is 0. The molecule has 2 N–H and O–H groups in total. The van der Waals surface area contributed by atoms with Crippen molar-refractivity contribution in [2.24, 2.45) is 0 Å². The molecule has 0 aliphatic heterocycles. The van der Waals surface area contributed by atoms with E-state index >= 15 is 0 Å². The van der Waals surface area contributed by atoms with E-state index in [1.54, 1.807) is 19.1 Å². The predicted molar refractivity (Wildman–Crippen MR) is 56.5 cm³/mol. The fourth-order valence-electron chi connectivity index (χ4n) is 1.58. The van der Waals surface area contributed by atoms with Gasteiger partial charge in [-0.25, -0.2) is 4.79 Å². The first-order valence-corrected chi connectivity index (χ1v) is 4.43. The molecule has 2 aromatic rings. The summed E-state index contributed by atoms with van der Waals surface area (Å²) in [5.74, 6) is 0.485. The van der Waals surface area contributed by atoms with Crippen molar-refractivity contribution in [1.82, 2.24) is 9.97 Å². The van der Waals surface area contributed by atoms with Gasteiger partial charge in [0.15, 0.2) is 0 Å². The van der Waals surface area contributed by atoms with E-state index in [2.05, 4.69) is 9.97 Å². The van der Waals surface area contributed by atoms with E-state index in [9.17, 15) is 9.59 Å². The first kappa shape index (κ1) is 9.51. The third kappa shape index (κ3) is 1.41. The van der Waals surface area contributed by atoms with Crippen LogP contribution in [-0.4, -0.2) is 17.1 Å².